The predicted octanol–water partition coefficient (Wildman–Crippen LogP) is 3.91. The van der Waals surface area contributed by atoms with Crippen LogP contribution in [0.4, 0.5) is 0 Å². The molecule has 0 heterocycles. The average Bonchev–Trinajstić information content (AvgIpc) is 2.50. The van der Waals surface area contributed by atoms with Crippen molar-refractivity contribution < 1.29 is 4.79 Å². The Balaban J connectivity index is 1.85. The molecule has 3 nitrogen and oxygen atoms in total. The molecule has 2 rings (SSSR count). The van der Waals surface area contributed by atoms with Crippen LogP contribution in [0.3, 0.4) is 0 Å². The molecule has 0 saturated carbocycles. The molecule has 23 heavy (non-hydrogen) atoms. The molecule has 0 aliphatic heterocycles. The summed E-state index contributed by atoms with van der Waals surface area (Å²) < 4.78 is 0. The van der Waals surface area contributed by atoms with E-state index in [0.29, 0.717) is 16.6 Å². The molecule has 5 heteroatoms. The molecule has 0 aliphatic carbocycles. The van der Waals surface area contributed by atoms with Gasteiger partial charge < -0.3 is 10.2 Å². The van der Waals surface area contributed by atoms with Crippen molar-refractivity contribution in [3.63, 3.8) is 0 Å². The molecule has 0 unspecified atom stereocenters. The fraction of sp³-hybridized carbons (Fsp3) is 0.278. The fourth-order valence-electron chi connectivity index (χ4n) is 2.23. The molecule has 1 N–H and O–H groups in total. The number of rotatable bonds is 6. The molecule has 122 valence electrons. The van der Waals surface area contributed by atoms with Gasteiger partial charge in [-0.05, 0) is 42.9 Å². The molecule has 0 aromatic heterocycles. The highest BCUT2D eigenvalue weighted by Crippen LogP contribution is 2.22. The zero-order chi connectivity index (χ0) is 16.8. The minimum atomic E-state index is -0.0410. The summed E-state index contributed by atoms with van der Waals surface area (Å²) in [4.78, 5) is 14.1. The zero-order valence-corrected chi connectivity index (χ0v) is 14.8. The second kappa shape index (κ2) is 8.34. The van der Waals surface area contributed by atoms with E-state index in [0.717, 1.165) is 17.7 Å². The van der Waals surface area contributed by atoms with E-state index in [2.05, 4.69) is 22.3 Å². The van der Waals surface area contributed by atoms with Crippen LogP contribution in [0.15, 0.2) is 42.5 Å². The molecular formula is C18H20Cl2N2O. The van der Waals surface area contributed by atoms with Crippen molar-refractivity contribution in [3.8, 4) is 0 Å². The predicted molar refractivity (Wildman–Crippen MR) is 95.8 cm³/mol. The number of benzene rings is 2. The van der Waals surface area contributed by atoms with Gasteiger partial charge >= 0.3 is 0 Å². The second-order valence-electron chi connectivity index (χ2n) is 5.76. The van der Waals surface area contributed by atoms with Gasteiger partial charge in [-0.25, -0.2) is 0 Å². The first-order chi connectivity index (χ1) is 10.9. The lowest BCUT2D eigenvalue weighted by molar-refractivity contribution is -0.120. The molecule has 0 radical (unpaired) electrons. The van der Waals surface area contributed by atoms with Crippen LogP contribution in [0, 0.1) is 0 Å². The minimum absolute atomic E-state index is 0.0410. The quantitative estimate of drug-likeness (QED) is 0.856. The van der Waals surface area contributed by atoms with E-state index < -0.39 is 0 Å². The van der Waals surface area contributed by atoms with Gasteiger partial charge in [0.15, 0.2) is 0 Å². The van der Waals surface area contributed by atoms with Crippen LogP contribution in [0.5, 0.6) is 0 Å². The Morgan fingerprint density at radius 1 is 0.957 bits per heavy atom. The van der Waals surface area contributed by atoms with Crippen molar-refractivity contribution in [2.45, 2.75) is 19.5 Å². The van der Waals surface area contributed by atoms with Gasteiger partial charge in [0.2, 0.25) is 5.91 Å². The Labute approximate surface area is 147 Å². The number of hydrogen-bond donors (Lipinski definition) is 1. The monoisotopic (exact) mass is 350 g/mol. The van der Waals surface area contributed by atoms with E-state index in [1.54, 1.807) is 12.1 Å². The summed E-state index contributed by atoms with van der Waals surface area (Å²) in [5.74, 6) is -0.0410. The lowest BCUT2D eigenvalue weighted by Gasteiger charge is -2.10. The molecule has 2 aromatic rings. The minimum Gasteiger partial charge on any atom is -0.352 e. The van der Waals surface area contributed by atoms with Crippen LogP contribution in [0.1, 0.15) is 16.7 Å². The van der Waals surface area contributed by atoms with Gasteiger partial charge in [0.1, 0.15) is 0 Å². The fourth-order valence-corrected chi connectivity index (χ4v) is 2.55. The normalized spacial score (nSPS) is 10.8. The van der Waals surface area contributed by atoms with Crippen molar-refractivity contribution in [2.75, 3.05) is 14.1 Å². The highest BCUT2D eigenvalue weighted by atomic mass is 35.5. The summed E-state index contributed by atoms with van der Waals surface area (Å²) in [6, 6.07) is 13.5. The molecule has 0 atom stereocenters. The molecule has 0 bridgehead atoms. The third-order valence-corrected chi connectivity index (χ3v) is 4.10. The Hall–Kier alpha value is -1.55. The summed E-state index contributed by atoms with van der Waals surface area (Å²) in [7, 11) is 4.08. The molecule has 0 spiro atoms. The van der Waals surface area contributed by atoms with Crippen molar-refractivity contribution in [1.82, 2.24) is 10.2 Å². The van der Waals surface area contributed by atoms with Gasteiger partial charge in [0, 0.05) is 13.1 Å². The van der Waals surface area contributed by atoms with Crippen molar-refractivity contribution in [3.05, 3.63) is 69.2 Å². The summed E-state index contributed by atoms with van der Waals surface area (Å²) in [6.45, 7) is 1.42. The van der Waals surface area contributed by atoms with Crippen LogP contribution < -0.4 is 5.32 Å². The number of carbonyl (C=O) groups excluding carboxylic acids is 1. The number of nitrogens with one attached hydrogen (secondary N) is 1. The molecule has 2 aromatic carbocycles. The average molecular weight is 351 g/mol. The smallest absolute Gasteiger partial charge is 0.224 e. The van der Waals surface area contributed by atoms with Gasteiger partial charge in [-0.1, -0.05) is 53.5 Å². The SMILES string of the molecule is CN(C)Cc1ccc(CNC(=O)Cc2ccc(Cl)c(Cl)c2)cc1. The first kappa shape index (κ1) is 17.8. The van der Waals surface area contributed by atoms with E-state index >= 15 is 0 Å². The maximum Gasteiger partial charge on any atom is 0.224 e. The van der Waals surface area contributed by atoms with Crippen molar-refractivity contribution in [2.24, 2.45) is 0 Å². The summed E-state index contributed by atoms with van der Waals surface area (Å²) >= 11 is 11.8. The lowest BCUT2D eigenvalue weighted by Crippen LogP contribution is -2.24. The number of halogens is 2. The first-order valence-corrected chi connectivity index (χ1v) is 8.13. The maximum atomic E-state index is 12.0. The van der Waals surface area contributed by atoms with Crippen LogP contribution in [-0.2, 0) is 24.3 Å². The van der Waals surface area contributed by atoms with Crippen LogP contribution in [0.25, 0.3) is 0 Å². The largest absolute Gasteiger partial charge is 0.352 e. The zero-order valence-electron chi connectivity index (χ0n) is 13.3. The first-order valence-electron chi connectivity index (χ1n) is 7.37. The van der Waals surface area contributed by atoms with Gasteiger partial charge in [0.05, 0.1) is 16.5 Å². The number of hydrogen-bond acceptors (Lipinski definition) is 2. The van der Waals surface area contributed by atoms with Crippen LogP contribution in [-0.4, -0.2) is 24.9 Å². The summed E-state index contributed by atoms with van der Waals surface area (Å²) in [6.07, 6.45) is 0.287. The molecular weight excluding hydrogens is 331 g/mol. The maximum absolute atomic E-state index is 12.0. The van der Waals surface area contributed by atoms with E-state index in [-0.39, 0.29) is 12.3 Å². The van der Waals surface area contributed by atoms with Crippen LogP contribution in [0.2, 0.25) is 10.0 Å². The standard InChI is InChI=1S/C18H20Cl2N2O/c1-22(2)12-14-5-3-13(4-6-14)11-21-18(23)10-15-7-8-16(19)17(20)9-15/h3-9H,10-12H2,1-2H3,(H,21,23). The number of nitrogens with zero attached hydrogens (tertiary/aromatic N) is 1. The highest BCUT2D eigenvalue weighted by molar-refractivity contribution is 6.42. The Bertz CT molecular complexity index is 669. The Morgan fingerprint density at radius 3 is 2.17 bits per heavy atom. The molecule has 0 saturated heterocycles. The van der Waals surface area contributed by atoms with E-state index in [1.807, 2.05) is 32.3 Å². The third-order valence-electron chi connectivity index (χ3n) is 3.36. The van der Waals surface area contributed by atoms with Gasteiger partial charge in [0.25, 0.3) is 0 Å². The van der Waals surface area contributed by atoms with Gasteiger partial charge in [-0.2, -0.15) is 0 Å². The molecule has 1 amide bonds. The Morgan fingerprint density at radius 2 is 1.57 bits per heavy atom. The van der Waals surface area contributed by atoms with Crippen molar-refractivity contribution in [1.29, 1.82) is 0 Å². The number of carbonyl (C=O) groups is 1. The number of amides is 1. The lowest BCUT2D eigenvalue weighted by atomic mass is 10.1. The van der Waals surface area contributed by atoms with Gasteiger partial charge in [-0.15, -0.1) is 0 Å². The molecule has 0 fully saturated rings. The van der Waals surface area contributed by atoms with Gasteiger partial charge in [-0.3, -0.25) is 4.79 Å². The van der Waals surface area contributed by atoms with E-state index in [4.69, 9.17) is 23.2 Å². The topological polar surface area (TPSA) is 32.3 Å². The van der Waals surface area contributed by atoms with Crippen molar-refractivity contribution >= 4 is 29.1 Å². The summed E-state index contributed by atoms with van der Waals surface area (Å²) in [5.41, 5.74) is 3.18. The second-order valence-corrected chi connectivity index (χ2v) is 6.57. The highest BCUT2D eigenvalue weighted by Gasteiger charge is 2.06. The Kier molecular flexibility index (Phi) is 6.46. The molecule has 0 aliphatic rings. The van der Waals surface area contributed by atoms with E-state index in [1.165, 1.54) is 5.56 Å². The summed E-state index contributed by atoms with van der Waals surface area (Å²) in [5, 5.41) is 3.88. The van der Waals surface area contributed by atoms with E-state index in [9.17, 15) is 4.79 Å². The third kappa shape index (κ3) is 5.87. The van der Waals surface area contributed by atoms with Crippen LogP contribution >= 0.6 is 23.2 Å².